The summed E-state index contributed by atoms with van der Waals surface area (Å²) in [7, 11) is 1.55. The fourth-order valence-corrected chi connectivity index (χ4v) is 2.87. The minimum Gasteiger partial charge on any atom is -0.446 e. The Morgan fingerprint density at radius 2 is 2.04 bits per heavy atom. The first-order valence-electron chi connectivity index (χ1n) is 8.55. The van der Waals surface area contributed by atoms with Crippen molar-refractivity contribution in [2.24, 2.45) is 0 Å². The van der Waals surface area contributed by atoms with E-state index in [0.29, 0.717) is 18.0 Å². The van der Waals surface area contributed by atoms with Crippen LogP contribution in [-0.2, 0) is 9.47 Å². The van der Waals surface area contributed by atoms with Gasteiger partial charge in [0.15, 0.2) is 0 Å². The number of hydrogen-bond donors (Lipinski definition) is 0. The first-order valence-corrected chi connectivity index (χ1v) is 9.35. The van der Waals surface area contributed by atoms with Crippen LogP contribution in [0.15, 0.2) is 59.5 Å². The third-order valence-corrected chi connectivity index (χ3v) is 4.40. The second-order valence-electron chi connectivity index (χ2n) is 5.86. The van der Waals surface area contributed by atoms with Crippen LogP contribution in [0, 0.1) is 6.92 Å². The fraction of sp³-hybridized carbons (Fsp3) is 0.200. The number of hydrogen-bond acceptors (Lipinski definition) is 6. The first kappa shape index (κ1) is 19.9. The predicted molar refractivity (Wildman–Crippen MR) is 110 cm³/mol. The molecule has 1 amide bonds. The average molecular weight is 443 g/mol. The number of rotatable bonds is 6. The number of nitrogens with zero attached hydrogens (tertiary/aromatic N) is 4. The van der Waals surface area contributed by atoms with Crippen molar-refractivity contribution in [1.82, 2.24) is 15.0 Å². The second kappa shape index (κ2) is 9.38. The monoisotopic (exact) mass is 442 g/mol. The molecule has 0 unspecified atom stereocenters. The normalized spacial score (nSPS) is 10.5. The molecule has 2 aromatic heterocycles. The molecule has 0 aliphatic rings. The lowest BCUT2D eigenvalue weighted by Gasteiger charge is -2.22. The Bertz CT molecular complexity index is 953. The number of benzene rings is 1. The van der Waals surface area contributed by atoms with Crippen LogP contribution in [0.1, 0.15) is 5.56 Å². The van der Waals surface area contributed by atoms with Gasteiger partial charge in [-0.3, -0.25) is 4.98 Å². The van der Waals surface area contributed by atoms with Crippen LogP contribution >= 0.6 is 15.9 Å². The highest BCUT2D eigenvalue weighted by atomic mass is 79.9. The van der Waals surface area contributed by atoms with Crippen molar-refractivity contribution in [2.45, 2.75) is 6.92 Å². The predicted octanol–water partition coefficient (Wildman–Crippen LogP) is 4.53. The van der Waals surface area contributed by atoms with Crippen molar-refractivity contribution in [3.05, 3.63) is 65.0 Å². The van der Waals surface area contributed by atoms with Gasteiger partial charge in [0.2, 0.25) is 5.95 Å². The smallest absolute Gasteiger partial charge is 0.421 e. The maximum absolute atomic E-state index is 12.9. The summed E-state index contributed by atoms with van der Waals surface area (Å²) in [4.78, 5) is 27.2. The van der Waals surface area contributed by atoms with E-state index in [0.717, 1.165) is 15.6 Å². The summed E-state index contributed by atoms with van der Waals surface area (Å²) in [5.74, 6) is 0.213. The lowest BCUT2D eigenvalue weighted by atomic mass is 10.2. The molecule has 0 saturated heterocycles. The fourth-order valence-electron chi connectivity index (χ4n) is 2.52. The van der Waals surface area contributed by atoms with Gasteiger partial charge in [0.05, 0.1) is 18.0 Å². The maximum Gasteiger partial charge on any atom is 0.421 e. The highest BCUT2D eigenvalue weighted by molar-refractivity contribution is 9.10. The van der Waals surface area contributed by atoms with Gasteiger partial charge in [-0.1, -0.05) is 22.0 Å². The molecule has 3 aromatic rings. The zero-order valence-electron chi connectivity index (χ0n) is 15.5. The molecule has 0 atom stereocenters. The molecule has 0 N–H and O–H groups in total. The van der Waals surface area contributed by atoms with Crippen LogP contribution < -0.4 is 4.90 Å². The van der Waals surface area contributed by atoms with Gasteiger partial charge in [0.25, 0.3) is 0 Å². The van der Waals surface area contributed by atoms with Gasteiger partial charge in [-0.2, -0.15) is 0 Å². The van der Waals surface area contributed by atoms with Gasteiger partial charge in [-0.25, -0.2) is 19.7 Å². The zero-order valence-corrected chi connectivity index (χ0v) is 17.1. The largest absolute Gasteiger partial charge is 0.446 e. The van der Waals surface area contributed by atoms with Crippen LogP contribution in [0.2, 0.25) is 0 Å². The molecule has 8 heteroatoms. The molecule has 7 nitrogen and oxygen atoms in total. The molecular weight excluding hydrogens is 424 g/mol. The number of ether oxygens (including phenoxy) is 2. The van der Waals surface area contributed by atoms with Crippen molar-refractivity contribution in [1.29, 1.82) is 0 Å². The van der Waals surface area contributed by atoms with E-state index in [1.165, 1.54) is 4.90 Å². The number of carbonyl (C=O) groups excluding carboxylic acids is 1. The number of halogens is 1. The zero-order chi connectivity index (χ0) is 19.9. The van der Waals surface area contributed by atoms with Crippen LogP contribution in [0.25, 0.3) is 11.3 Å². The molecule has 0 radical (unpaired) electrons. The molecule has 0 saturated carbocycles. The minimum atomic E-state index is -0.582. The number of aryl methyl sites for hydroxylation is 1. The van der Waals surface area contributed by atoms with Gasteiger partial charge >= 0.3 is 6.09 Å². The number of pyridine rings is 1. The van der Waals surface area contributed by atoms with E-state index in [1.807, 2.05) is 37.3 Å². The van der Waals surface area contributed by atoms with Crippen molar-refractivity contribution in [2.75, 3.05) is 25.2 Å². The summed E-state index contributed by atoms with van der Waals surface area (Å²) >= 11 is 3.45. The Balaban J connectivity index is 2.04. The molecular formula is C20H19BrN4O3. The maximum atomic E-state index is 12.9. The van der Waals surface area contributed by atoms with Gasteiger partial charge in [0, 0.05) is 35.7 Å². The summed E-state index contributed by atoms with van der Waals surface area (Å²) in [5.41, 5.74) is 2.98. The number of amides is 1. The standard InChI is InChI=1S/C20H19BrN4O3/c1-14-5-6-16(21)12-18(14)25(20(26)28-11-10-27-2)19-23-9-7-17(24-19)15-4-3-8-22-13-15/h3-9,12-13H,10-11H2,1-2H3. The third kappa shape index (κ3) is 4.71. The van der Waals surface area contributed by atoms with Gasteiger partial charge in [-0.15, -0.1) is 0 Å². The Kier molecular flexibility index (Phi) is 6.67. The third-order valence-electron chi connectivity index (χ3n) is 3.91. The van der Waals surface area contributed by atoms with Gasteiger partial charge < -0.3 is 9.47 Å². The lowest BCUT2D eigenvalue weighted by molar-refractivity contribution is 0.104. The topological polar surface area (TPSA) is 77.4 Å². The van der Waals surface area contributed by atoms with E-state index < -0.39 is 6.09 Å². The number of carbonyl (C=O) groups is 1. The van der Waals surface area contributed by atoms with Crippen LogP contribution in [0.3, 0.4) is 0 Å². The summed E-state index contributed by atoms with van der Waals surface area (Å²) in [6.45, 7) is 2.33. The molecule has 0 bridgehead atoms. The number of aromatic nitrogens is 3. The molecule has 2 heterocycles. The van der Waals surface area contributed by atoms with E-state index >= 15 is 0 Å². The molecule has 0 fully saturated rings. The summed E-state index contributed by atoms with van der Waals surface area (Å²) in [6, 6.07) is 11.1. The van der Waals surface area contributed by atoms with E-state index in [1.54, 1.807) is 31.8 Å². The quantitative estimate of drug-likeness (QED) is 0.521. The molecule has 0 aliphatic heterocycles. The van der Waals surface area contributed by atoms with Crippen molar-refractivity contribution >= 4 is 33.7 Å². The van der Waals surface area contributed by atoms with Crippen molar-refractivity contribution in [3.8, 4) is 11.3 Å². The minimum absolute atomic E-state index is 0.126. The lowest BCUT2D eigenvalue weighted by Crippen LogP contribution is -2.30. The van der Waals surface area contributed by atoms with Crippen LogP contribution in [0.5, 0.6) is 0 Å². The Hall–Kier alpha value is -2.84. The van der Waals surface area contributed by atoms with Gasteiger partial charge in [0.1, 0.15) is 6.61 Å². The Labute approximate surface area is 171 Å². The van der Waals surface area contributed by atoms with E-state index in [4.69, 9.17) is 9.47 Å². The Morgan fingerprint density at radius 1 is 1.18 bits per heavy atom. The first-order chi connectivity index (χ1) is 13.6. The highest BCUT2D eigenvalue weighted by Gasteiger charge is 2.24. The molecule has 3 rings (SSSR count). The van der Waals surface area contributed by atoms with E-state index in [2.05, 4.69) is 30.9 Å². The van der Waals surface area contributed by atoms with Crippen LogP contribution in [-0.4, -0.2) is 41.4 Å². The summed E-state index contributed by atoms with van der Waals surface area (Å²) in [5, 5.41) is 0. The van der Waals surface area contributed by atoms with E-state index in [-0.39, 0.29) is 12.6 Å². The summed E-state index contributed by atoms with van der Waals surface area (Å²) < 4.78 is 11.1. The SMILES string of the molecule is COCCOC(=O)N(c1nccc(-c2cccnc2)n1)c1cc(Br)ccc1C. The second-order valence-corrected chi connectivity index (χ2v) is 6.77. The average Bonchev–Trinajstić information content (AvgIpc) is 2.72. The molecule has 144 valence electrons. The molecule has 0 spiro atoms. The highest BCUT2D eigenvalue weighted by Crippen LogP contribution is 2.30. The summed E-state index contributed by atoms with van der Waals surface area (Å²) in [6.07, 6.45) is 4.42. The van der Waals surface area contributed by atoms with Crippen molar-refractivity contribution < 1.29 is 14.3 Å². The Morgan fingerprint density at radius 3 is 2.79 bits per heavy atom. The number of anilines is 2. The number of methoxy groups -OCH3 is 1. The van der Waals surface area contributed by atoms with E-state index in [9.17, 15) is 4.79 Å². The van der Waals surface area contributed by atoms with Crippen LogP contribution in [0.4, 0.5) is 16.4 Å². The molecule has 0 aliphatic carbocycles. The molecule has 1 aromatic carbocycles. The van der Waals surface area contributed by atoms with Crippen molar-refractivity contribution in [3.63, 3.8) is 0 Å². The van der Waals surface area contributed by atoms with Gasteiger partial charge in [-0.05, 0) is 42.8 Å². The molecule has 28 heavy (non-hydrogen) atoms.